The summed E-state index contributed by atoms with van der Waals surface area (Å²) in [6.07, 6.45) is 0.561. The molecule has 3 aromatic rings. The zero-order valence-electron chi connectivity index (χ0n) is 21.8. The molecular formula is C29H34F3N3O2. The van der Waals surface area contributed by atoms with E-state index >= 15 is 8.78 Å². The van der Waals surface area contributed by atoms with Crippen molar-refractivity contribution in [3.8, 4) is 5.75 Å². The maximum atomic E-state index is 15.8. The van der Waals surface area contributed by atoms with Crippen molar-refractivity contribution < 1.29 is 22.7 Å². The van der Waals surface area contributed by atoms with Gasteiger partial charge in [0.1, 0.15) is 30.0 Å². The van der Waals surface area contributed by atoms with Gasteiger partial charge in [-0.1, -0.05) is 32.0 Å². The number of para-hydroxylation sites is 1. The molecule has 3 heterocycles. The number of alkyl halides is 1. The van der Waals surface area contributed by atoms with Crippen LogP contribution in [-0.4, -0.2) is 59.1 Å². The second-order valence-corrected chi connectivity index (χ2v) is 11.2. The summed E-state index contributed by atoms with van der Waals surface area (Å²) in [6, 6.07) is 9.22. The second kappa shape index (κ2) is 9.71. The summed E-state index contributed by atoms with van der Waals surface area (Å²) in [7, 11) is 0. The summed E-state index contributed by atoms with van der Waals surface area (Å²) < 4.78 is 49.8. The van der Waals surface area contributed by atoms with E-state index in [-0.39, 0.29) is 42.3 Å². The molecule has 1 unspecified atom stereocenters. The van der Waals surface area contributed by atoms with Crippen molar-refractivity contribution in [2.45, 2.75) is 45.7 Å². The average molecular weight is 514 g/mol. The lowest BCUT2D eigenvalue weighted by molar-refractivity contribution is -0.143. The topological polar surface area (TPSA) is 48.6 Å². The van der Waals surface area contributed by atoms with Crippen molar-refractivity contribution >= 4 is 16.8 Å². The average Bonchev–Trinajstić information content (AvgIpc) is 3.16. The number of aromatic amines is 1. The Kier molecular flexibility index (Phi) is 6.73. The number of carbonyl (C=O) groups is 1. The monoisotopic (exact) mass is 513 g/mol. The maximum absolute atomic E-state index is 15.8. The highest BCUT2D eigenvalue weighted by Gasteiger charge is 2.47. The van der Waals surface area contributed by atoms with Gasteiger partial charge in [0.15, 0.2) is 0 Å². The molecule has 2 aromatic carbocycles. The van der Waals surface area contributed by atoms with E-state index in [9.17, 15) is 9.18 Å². The number of likely N-dealkylation sites (tertiary alicyclic amines) is 1. The molecule has 5 nitrogen and oxygen atoms in total. The van der Waals surface area contributed by atoms with Gasteiger partial charge in [0.2, 0.25) is 5.91 Å². The van der Waals surface area contributed by atoms with Crippen molar-refractivity contribution in [2.75, 3.05) is 32.9 Å². The molecule has 0 spiro atoms. The quantitative estimate of drug-likeness (QED) is 0.445. The zero-order chi connectivity index (χ0) is 26.5. The molecule has 1 saturated heterocycles. The Morgan fingerprint density at radius 3 is 2.49 bits per heavy atom. The lowest BCUT2D eigenvalue weighted by Gasteiger charge is -2.48. The molecule has 0 aliphatic carbocycles. The summed E-state index contributed by atoms with van der Waals surface area (Å²) in [5.41, 5.74) is 1.64. The van der Waals surface area contributed by atoms with Gasteiger partial charge in [-0.05, 0) is 31.9 Å². The number of hydrogen-bond acceptors (Lipinski definition) is 3. The minimum absolute atomic E-state index is 0.0694. The Hall–Kier alpha value is -3.00. The molecule has 1 N–H and O–H groups in total. The van der Waals surface area contributed by atoms with Crippen LogP contribution in [0.15, 0.2) is 36.4 Å². The highest BCUT2D eigenvalue weighted by Crippen LogP contribution is 2.47. The highest BCUT2D eigenvalue weighted by atomic mass is 19.1. The number of halogens is 3. The Labute approximate surface area is 215 Å². The van der Waals surface area contributed by atoms with E-state index in [0.29, 0.717) is 31.7 Å². The standard InChI is InChI=1S/C29H34F3N3O2/c1-17(2)28(36)35-27(26-21(13-29(35,3)4)20-7-5-6-8-24(20)33-26)25-22(31)11-19(12-23(25)32)37-10-9-34-15-18(14-30)16-34/h5-8,11-12,17-18,27,33H,9-10,13-16H2,1-4H3. The number of nitrogens with one attached hydrogen (secondary N) is 1. The van der Waals surface area contributed by atoms with E-state index in [1.54, 1.807) is 18.7 Å². The first-order valence-electron chi connectivity index (χ1n) is 12.9. The molecule has 0 radical (unpaired) electrons. The number of amides is 1. The molecule has 198 valence electrons. The number of benzene rings is 2. The van der Waals surface area contributed by atoms with Gasteiger partial charge in [0, 0.05) is 65.7 Å². The summed E-state index contributed by atoms with van der Waals surface area (Å²) in [5, 5.41) is 0.994. The van der Waals surface area contributed by atoms with Gasteiger partial charge in [0.25, 0.3) is 0 Å². The van der Waals surface area contributed by atoms with Gasteiger partial charge in [0.05, 0.1) is 12.2 Å². The predicted octanol–water partition coefficient (Wildman–Crippen LogP) is 5.63. The minimum Gasteiger partial charge on any atom is -0.492 e. The lowest BCUT2D eigenvalue weighted by Crippen LogP contribution is -2.55. The van der Waals surface area contributed by atoms with Crippen LogP contribution >= 0.6 is 0 Å². The first-order chi connectivity index (χ1) is 17.6. The van der Waals surface area contributed by atoms with Gasteiger partial charge in [-0.3, -0.25) is 14.1 Å². The molecule has 2 aliphatic rings. The molecule has 37 heavy (non-hydrogen) atoms. The normalized spacial score (nSPS) is 19.8. The Morgan fingerprint density at radius 2 is 1.84 bits per heavy atom. The summed E-state index contributed by atoms with van der Waals surface area (Å²) in [6.45, 7) is 9.31. The van der Waals surface area contributed by atoms with Crippen molar-refractivity contribution in [2.24, 2.45) is 11.8 Å². The third-order valence-electron chi connectivity index (χ3n) is 7.62. The fourth-order valence-corrected chi connectivity index (χ4v) is 5.77. The van der Waals surface area contributed by atoms with Crippen LogP contribution in [0.3, 0.4) is 0 Å². The lowest BCUT2D eigenvalue weighted by atomic mass is 9.80. The Balaban J connectivity index is 1.52. The fourth-order valence-electron chi connectivity index (χ4n) is 5.77. The van der Waals surface area contributed by atoms with Gasteiger partial charge in [-0.2, -0.15) is 0 Å². The summed E-state index contributed by atoms with van der Waals surface area (Å²) in [4.78, 5) is 20.6. The van der Waals surface area contributed by atoms with Crippen molar-refractivity contribution in [3.05, 3.63) is 64.9 Å². The van der Waals surface area contributed by atoms with Crippen LogP contribution in [0.2, 0.25) is 0 Å². The Bertz CT molecular complexity index is 1290. The van der Waals surface area contributed by atoms with Crippen molar-refractivity contribution in [3.63, 3.8) is 0 Å². The molecule has 0 saturated carbocycles. The molecule has 8 heteroatoms. The number of carbonyl (C=O) groups excluding carboxylic acids is 1. The highest BCUT2D eigenvalue weighted by molar-refractivity contribution is 5.87. The zero-order valence-corrected chi connectivity index (χ0v) is 21.8. The first kappa shape index (κ1) is 25.6. The van der Waals surface area contributed by atoms with E-state index in [1.165, 1.54) is 12.1 Å². The van der Waals surface area contributed by atoms with Crippen molar-refractivity contribution in [1.29, 1.82) is 0 Å². The first-order valence-corrected chi connectivity index (χ1v) is 12.9. The molecule has 1 amide bonds. The van der Waals surface area contributed by atoms with Crippen LogP contribution in [0.25, 0.3) is 10.9 Å². The number of ether oxygens (including phenoxy) is 1. The number of rotatable bonds is 7. The number of nitrogens with zero attached hydrogens (tertiary/aromatic N) is 2. The van der Waals surface area contributed by atoms with E-state index in [0.717, 1.165) is 16.5 Å². The molecule has 0 bridgehead atoms. The van der Waals surface area contributed by atoms with Gasteiger partial charge >= 0.3 is 0 Å². The molecule has 5 rings (SSSR count). The third kappa shape index (κ3) is 4.60. The second-order valence-electron chi connectivity index (χ2n) is 11.2. The van der Waals surface area contributed by atoms with Crippen LogP contribution < -0.4 is 4.74 Å². The predicted molar refractivity (Wildman–Crippen MR) is 137 cm³/mol. The molecule has 1 atom stereocenters. The van der Waals surface area contributed by atoms with Gasteiger partial charge in [-0.25, -0.2) is 8.78 Å². The summed E-state index contributed by atoms with van der Waals surface area (Å²) >= 11 is 0. The van der Waals surface area contributed by atoms with Crippen molar-refractivity contribution in [1.82, 2.24) is 14.8 Å². The maximum Gasteiger partial charge on any atom is 0.226 e. The molecular weight excluding hydrogens is 479 g/mol. The molecule has 1 aromatic heterocycles. The molecule has 2 aliphatic heterocycles. The van der Waals surface area contributed by atoms with Gasteiger partial charge < -0.3 is 14.6 Å². The van der Waals surface area contributed by atoms with E-state index < -0.39 is 23.2 Å². The molecule has 1 fully saturated rings. The largest absolute Gasteiger partial charge is 0.492 e. The van der Waals surface area contributed by atoms with Crippen LogP contribution in [0, 0.1) is 23.5 Å². The minimum atomic E-state index is -0.950. The number of hydrogen-bond donors (Lipinski definition) is 1. The smallest absolute Gasteiger partial charge is 0.226 e. The number of fused-ring (bicyclic) bond motifs is 3. The Morgan fingerprint density at radius 1 is 1.16 bits per heavy atom. The van der Waals surface area contributed by atoms with Crippen LogP contribution in [0.4, 0.5) is 13.2 Å². The number of aromatic nitrogens is 1. The fraction of sp³-hybridized carbons (Fsp3) is 0.483. The van der Waals surface area contributed by atoms with Crippen LogP contribution in [0.5, 0.6) is 5.75 Å². The van der Waals surface area contributed by atoms with Crippen LogP contribution in [-0.2, 0) is 11.2 Å². The van der Waals surface area contributed by atoms with E-state index in [1.807, 2.05) is 43.0 Å². The van der Waals surface area contributed by atoms with E-state index in [4.69, 9.17) is 4.74 Å². The number of H-pyrrole nitrogens is 1. The SMILES string of the molecule is CC(C)C(=O)N1C(c2c(F)cc(OCCN3CC(CF)C3)cc2F)c2[nH]c3ccccc3c2CC1(C)C. The van der Waals surface area contributed by atoms with Crippen LogP contribution in [0.1, 0.15) is 50.6 Å². The van der Waals surface area contributed by atoms with E-state index in [2.05, 4.69) is 4.98 Å². The summed E-state index contributed by atoms with van der Waals surface area (Å²) in [5.74, 6) is -1.87. The third-order valence-corrected chi connectivity index (χ3v) is 7.62. The van der Waals surface area contributed by atoms with Gasteiger partial charge in [-0.15, -0.1) is 0 Å².